The van der Waals surface area contributed by atoms with Crippen molar-refractivity contribution < 1.29 is 27.4 Å². The summed E-state index contributed by atoms with van der Waals surface area (Å²) in [7, 11) is -3.56. The van der Waals surface area contributed by atoms with E-state index >= 15 is 0 Å². The van der Waals surface area contributed by atoms with Gasteiger partial charge in [-0.15, -0.1) is 0 Å². The quantitative estimate of drug-likeness (QED) is 0.697. The SMILES string of the molecule is O=C(Nc1ccc2c(c1)OCO2)C1CCN(c2ccc(S(=O)(=O)N3CCOCC3)cn2)CC1. The summed E-state index contributed by atoms with van der Waals surface area (Å²) < 4.78 is 42.8. The second-order valence-corrected chi connectivity index (χ2v) is 10.1. The number of carbonyl (C=O) groups is 1. The lowest BCUT2D eigenvalue weighted by Crippen LogP contribution is -2.40. The Balaban J connectivity index is 1.16. The lowest BCUT2D eigenvalue weighted by atomic mass is 9.95. The first kappa shape index (κ1) is 21.9. The van der Waals surface area contributed by atoms with Gasteiger partial charge in [-0.3, -0.25) is 4.79 Å². The number of carbonyl (C=O) groups excluding carboxylic acids is 1. The summed E-state index contributed by atoms with van der Waals surface area (Å²) in [6, 6.07) is 8.70. The highest BCUT2D eigenvalue weighted by molar-refractivity contribution is 7.89. The average Bonchev–Trinajstić information content (AvgIpc) is 3.33. The molecule has 0 atom stereocenters. The van der Waals surface area contributed by atoms with Crippen molar-refractivity contribution in [2.24, 2.45) is 5.92 Å². The van der Waals surface area contributed by atoms with Crippen LogP contribution in [0.5, 0.6) is 11.5 Å². The maximum Gasteiger partial charge on any atom is 0.244 e. The normalized spacial score (nSPS) is 19.5. The van der Waals surface area contributed by atoms with Crippen LogP contribution in [0.1, 0.15) is 12.8 Å². The number of ether oxygens (including phenoxy) is 3. The monoisotopic (exact) mass is 474 g/mol. The van der Waals surface area contributed by atoms with Gasteiger partial charge in [0.2, 0.25) is 22.7 Å². The third-order valence-corrected chi connectivity index (χ3v) is 8.04. The standard InChI is InChI=1S/C22H26N4O6S/c27-22(24-17-1-3-19-20(13-17)32-15-31-19)16-5-7-25(8-6-16)21-4-2-18(14-23-21)33(28,29)26-9-11-30-12-10-26/h1-4,13-14,16H,5-12,15H2,(H,24,27). The molecule has 2 saturated heterocycles. The van der Waals surface area contributed by atoms with E-state index < -0.39 is 10.0 Å². The Morgan fingerprint density at radius 1 is 1.00 bits per heavy atom. The van der Waals surface area contributed by atoms with E-state index in [0.29, 0.717) is 75.2 Å². The third-order valence-electron chi connectivity index (χ3n) is 6.16. The lowest BCUT2D eigenvalue weighted by Gasteiger charge is -2.32. The number of rotatable bonds is 5. The van der Waals surface area contributed by atoms with Gasteiger partial charge >= 0.3 is 0 Å². The van der Waals surface area contributed by atoms with E-state index in [-0.39, 0.29) is 23.5 Å². The van der Waals surface area contributed by atoms with E-state index in [9.17, 15) is 13.2 Å². The number of nitrogens with zero attached hydrogens (tertiary/aromatic N) is 3. The third kappa shape index (κ3) is 4.61. The maximum absolute atomic E-state index is 12.8. The van der Waals surface area contributed by atoms with Crippen LogP contribution in [0.4, 0.5) is 11.5 Å². The van der Waals surface area contributed by atoms with Crippen molar-refractivity contribution in [2.45, 2.75) is 17.7 Å². The molecule has 0 spiro atoms. The molecule has 2 aromatic rings. The second-order valence-electron chi connectivity index (χ2n) is 8.19. The van der Waals surface area contributed by atoms with Crippen molar-refractivity contribution in [1.82, 2.24) is 9.29 Å². The van der Waals surface area contributed by atoms with Gasteiger partial charge in [0.25, 0.3) is 0 Å². The molecule has 5 rings (SSSR count). The minimum Gasteiger partial charge on any atom is -0.454 e. The van der Waals surface area contributed by atoms with Gasteiger partial charge in [0, 0.05) is 50.0 Å². The summed E-state index contributed by atoms with van der Waals surface area (Å²) in [6.07, 6.45) is 2.79. The first-order valence-electron chi connectivity index (χ1n) is 11.0. The zero-order valence-corrected chi connectivity index (χ0v) is 18.9. The molecule has 1 amide bonds. The highest BCUT2D eigenvalue weighted by Gasteiger charge is 2.28. The molecule has 0 bridgehead atoms. The molecular weight excluding hydrogens is 448 g/mol. The summed E-state index contributed by atoms with van der Waals surface area (Å²) in [4.78, 5) is 19.4. The van der Waals surface area contributed by atoms with Crippen LogP contribution in [-0.4, -0.2) is 69.8 Å². The first-order chi connectivity index (χ1) is 16.0. The Labute approximate surface area is 192 Å². The van der Waals surface area contributed by atoms with Gasteiger partial charge < -0.3 is 24.4 Å². The zero-order valence-electron chi connectivity index (χ0n) is 18.1. The van der Waals surface area contributed by atoms with E-state index in [4.69, 9.17) is 14.2 Å². The molecule has 0 unspecified atom stereocenters. The number of aromatic nitrogens is 1. The molecule has 3 aliphatic rings. The van der Waals surface area contributed by atoms with E-state index in [1.807, 2.05) is 0 Å². The number of hydrogen-bond donors (Lipinski definition) is 1. The highest BCUT2D eigenvalue weighted by Crippen LogP contribution is 2.34. The van der Waals surface area contributed by atoms with E-state index in [2.05, 4.69) is 15.2 Å². The molecule has 11 heteroatoms. The van der Waals surface area contributed by atoms with Crippen LogP contribution in [0.15, 0.2) is 41.4 Å². The van der Waals surface area contributed by atoms with Crippen LogP contribution in [-0.2, 0) is 19.6 Å². The Bertz CT molecular complexity index is 1110. The van der Waals surface area contributed by atoms with Gasteiger partial charge in [-0.2, -0.15) is 4.31 Å². The largest absolute Gasteiger partial charge is 0.454 e. The molecule has 0 saturated carbocycles. The number of piperidine rings is 1. The second kappa shape index (κ2) is 9.16. The molecule has 10 nitrogen and oxygen atoms in total. The van der Waals surface area contributed by atoms with Gasteiger partial charge in [-0.1, -0.05) is 0 Å². The summed E-state index contributed by atoms with van der Waals surface area (Å²) in [5.41, 5.74) is 0.686. The molecule has 2 fully saturated rings. The summed E-state index contributed by atoms with van der Waals surface area (Å²) >= 11 is 0. The fraction of sp³-hybridized carbons (Fsp3) is 0.455. The van der Waals surface area contributed by atoms with Crippen LogP contribution in [0.2, 0.25) is 0 Å². The number of benzene rings is 1. The number of fused-ring (bicyclic) bond motifs is 1. The van der Waals surface area contributed by atoms with Crippen molar-refractivity contribution in [3.63, 3.8) is 0 Å². The number of pyridine rings is 1. The zero-order chi connectivity index (χ0) is 22.8. The predicted octanol–water partition coefficient (Wildman–Crippen LogP) is 1.69. The summed E-state index contributed by atoms with van der Waals surface area (Å²) in [5.74, 6) is 1.90. The van der Waals surface area contributed by atoms with Crippen molar-refractivity contribution in [2.75, 3.05) is 56.4 Å². The molecule has 1 aromatic carbocycles. The van der Waals surface area contributed by atoms with Crippen molar-refractivity contribution in [1.29, 1.82) is 0 Å². The molecule has 3 aliphatic heterocycles. The highest BCUT2D eigenvalue weighted by atomic mass is 32.2. The fourth-order valence-electron chi connectivity index (χ4n) is 4.24. The number of nitrogens with one attached hydrogen (secondary N) is 1. The average molecular weight is 475 g/mol. The molecule has 0 aliphatic carbocycles. The van der Waals surface area contributed by atoms with Crippen LogP contribution >= 0.6 is 0 Å². The van der Waals surface area contributed by atoms with E-state index in [1.54, 1.807) is 30.3 Å². The van der Waals surface area contributed by atoms with Gasteiger partial charge in [0.15, 0.2) is 11.5 Å². The number of amides is 1. The minimum atomic E-state index is -3.56. The predicted molar refractivity (Wildman–Crippen MR) is 120 cm³/mol. The number of hydrogen-bond acceptors (Lipinski definition) is 8. The van der Waals surface area contributed by atoms with Gasteiger partial charge in [0.05, 0.1) is 13.2 Å². The molecule has 1 aromatic heterocycles. The van der Waals surface area contributed by atoms with E-state index in [1.165, 1.54) is 10.5 Å². The van der Waals surface area contributed by atoms with Gasteiger partial charge in [0.1, 0.15) is 10.7 Å². The van der Waals surface area contributed by atoms with Crippen molar-refractivity contribution in [3.05, 3.63) is 36.5 Å². The number of morpholine rings is 1. The fourth-order valence-corrected chi connectivity index (χ4v) is 5.59. The van der Waals surface area contributed by atoms with Gasteiger partial charge in [-0.05, 0) is 37.1 Å². The van der Waals surface area contributed by atoms with Crippen LogP contribution < -0.4 is 19.7 Å². The number of sulfonamides is 1. The number of anilines is 2. The molecule has 4 heterocycles. The van der Waals surface area contributed by atoms with Crippen molar-refractivity contribution >= 4 is 27.4 Å². The molecule has 0 radical (unpaired) electrons. The smallest absolute Gasteiger partial charge is 0.244 e. The Kier molecular flexibility index (Phi) is 6.09. The molecular formula is C22H26N4O6S. The van der Waals surface area contributed by atoms with Crippen LogP contribution in [0.3, 0.4) is 0 Å². The Morgan fingerprint density at radius 2 is 1.76 bits per heavy atom. The Morgan fingerprint density at radius 3 is 2.48 bits per heavy atom. The lowest BCUT2D eigenvalue weighted by molar-refractivity contribution is -0.120. The molecule has 33 heavy (non-hydrogen) atoms. The minimum absolute atomic E-state index is 0.0200. The van der Waals surface area contributed by atoms with Crippen LogP contribution in [0.25, 0.3) is 0 Å². The molecule has 1 N–H and O–H groups in total. The summed E-state index contributed by atoms with van der Waals surface area (Å²) in [5, 5.41) is 2.96. The molecule has 176 valence electrons. The maximum atomic E-state index is 12.8. The Hall–Kier alpha value is -2.89. The van der Waals surface area contributed by atoms with Crippen LogP contribution in [0, 0.1) is 5.92 Å². The van der Waals surface area contributed by atoms with Gasteiger partial charge in [-0.25, -0.2) is 13.4 Å². The van der Waals surface area contributed by atoms with E-state index in [0.717, 1.165) is 0 Å². The summed E-state index contributed by atoms with van der Waals surface area (Å²) in [6.45, 7) is 3.05. The first-order valence-corrected chi connectivity index (χ1v) is 12.4. The van der Waals surface area contributed by atoms with Crippen molar-refractivity contribution in [3.8, 4) is 11.5 Å². The topological polar surface area (TPSA) is 110 Å².